The van der Waals surface area contributed by atoms with Crippen LogP contribution in [0.4, 0.5) is 4.79 Å². The Balaban J connectivity index is 1.65. The number of aliphatic carboxylic acids is 1. The molecule has 0 aromatic heterocycles. The number of rotatable bonds is 6. The van der Waals surface area contributed by atoms with Gasteiger partial charge >= 0.3 is 12.0 Å². The molecule has 0 saturated heterocycles. The van der Waals surface area contributed by atoms with Crippen molar-refractivity contribution in [3.63, 3.8) is 0 Å². The second-order valence-corrected chi connectivity index (χ2v) is 5.46. The van der Waals surface area contributed by atoms with Crippen LogP contribution in [0.25, 0.3) is 0 Å². The van der Waals surface area contributed by atoms with Crippen LogP contribution in [0.2, 0.25) is 0 Å². The molecular weight excluding hydrogens is 220 g/mol. The van der Waals surface area contributed by atoms with Gasteiger partial charge in [-0.3, -0.25) is 4.79 Å². The van der Waals surface area contributed by atoms with Gasteiger partial charge in [-0.15, -0.1) is 0 Å². The SMILES string of the molecule is CC(CC(=O)O)NC(=O)NCC1(C2CC2)CC1. The van der Waals surface area contributed by atoms with E-state index in [1.165, 1.54) is 25.7 Å². The number of nitrogens with one attached hydrogen (secondary N) is 2. The average molecular weight is 240 g/mol. The topological polar surface area (TPSA) is 78.4 Å². The lowest BCUT2D eigenvalue weighted by Crippen LogP contribution is -2.43. The molecule has 5 nitrogen and oxygen atoms in total. The van der Waals surface area contributed by atoms with Crippen LogP contribution in [-0.2, 0) is 4.79 Å². The number of hydrogen-bond donors (Lipinski definition) is 3. The third-order valence-corrected chi connectivity index (χ3v) is 3.79. The van der Waals surface area contributed by atoms with Gasteiger partial charge in [0.1, 0.15) is 0 Å². The number of hydrogen-bond acceptors (Lipinski definition) is 2. The molecule has 17 heavy (non-hydrogen) atoms. The highest BCUT2D eigenvalue weighted by molar-refractivity contribution is 5.75. The van der Waals surface area contributed by atoms with Crippen molar-refractivity contribution in [1.29, 1.82) is 0 Å². The van der Waals surface area contributed by atoms with Gasteiger partial charge < -0.3 is 15.7 Å². The summed E-state index contributed by atoms with van der Waals surface area (Å²) in [5.41, 5.74) is 0.382. The molecule has 5 heteroatoms. The Morgan fingerprint density at radius 3 is 2.53 bits per heavy atom. The van der Waals surface area contributed by atoms with Crippen molar-refractivity contribution in [2.45, 2.75) is 45.1 Å². The number of carboxylic acids is 1. The molecule has 0 aliphatic heterocycles. The first-order chi connectivity index (χ1) is 8.02. The summed E-state index contributed by atoms with van der Waals surface area (Å²) in [5.74, 6) is -0.0753. The molecule has 0 aromatic carbocycles. The van der Waals surface area contributed by atoms with E-state index in [-0.39, 0.29) is 18.5 Å². The summed E-state index contributed by atoms with van der Waals surface area (Å²) in [7, 11) is 0. The van der Waals surface area contributed by atoms with Gasteiger partial charge in [0.2, 0.25) is 0 Å². The van der Waals surface area contributed by atoms with Gasteiger partial charge in [0, 0.05) is 12.6 Å². The van der Waals surface area contributed by atoms with Gasteiger partial charge in [-0.25, -0.2) is 4.79 Å². The van der Waals surface area contributed by atoms with Crippen LogP contribution in [0.5, 0.6) is 0 Å². The first-order valence-electron chi connectivity index (χ1n) is 6.28. The molecule has 2 aliphatic rings. The van der Waals surface area contributed by atoms with Gasteiger partial charge in [-0.2, -0.15) is 0 Å². The summed E-state index contributed by atoms with van der Waals surface area (Å²) >= 11 is 0. The predicted molar refractivity (Wildman–Crippen MR) is 62.6 cm³/mol. The second kappa shape index (κ2) is 4.55. The average Bonchev–Trinajstić information content (AvgIpc) is 3.07. The number of carbonyl (C=O) groups is 2. The quantitative estimate of drug-likeness (QED) is 0.655. The van der Waals surface area contributed by atoms with Crippen molar-refractivity contribution < 1.29 is 14.7 Å². The summed E-state index contributed by atoms with van der Waals surface area (Å²) in [6, 6.07) is -0.575. The summed E-state index contributed by atoms with van der Waals surface area (Å²) in [6.45, 7) is 2.44. The maximum Gasteiger partial charge on any atom is 0.315 e. The minimum atomic E-state index is -0.894. The zero-order valence-corrected chi connectivity index (χ0v) is 10.2. The van der Waals surface area contributed by atoms with Crippen LogP contribution >= 0.6 is 0 Å². The van der Waals surface area contributed by atoms with Gasteiger partial charge in [0.15, 0.2) is 0 Å². The summed E-state index contributed by atoms with van der Waals surface area (Å²) in [4.78, 5) is 22.0. The monoisotopic (exact) mass is 240 g/mol. The van der Waals surface area contributed by atoms with E-state index in [1.54, 1.807) is 6.92 Å². The smallest absolute Gasteiger partial charge is 0.315 e. The zero-order chi connectivity index (χ0) is 12.5. The molecule has 2 aliphatic carbocycles. The van der Waals surface area contributed by atoms with Gasteiger partial charge in [-0.05, 0) is 43.9 Å². The van der Waals surface area contributed by atoms with Crippen molar-refractivity contribution in [2.24, 2.45) is 11.3 Å². The highest BCUT2D eigenvalue weighted by Gasteiger charge is 2.53. The number of carbonyl (C=O) groups excluding carboxylic acids is 1. The van der Waals surface area contributed by atoms with E-state index >= 15 is 0 Å². The third kappa shape index (κ3) is 3.35. The van der Waals surface area contributed by atoms with Crippen molar-refractivity contribution in [3.05, 3.63) is 0 Å². The molecule has 1 unspecified atom stereocenters. The van der Waals surface area contributed by atoms with Crippen LogP contribution in [0.1, 0.15) is 39.0 Å². The Morgan fingerprint density at radius 2 is 2.06 bits per heavy atom. The molecule has 0 aromatic rings. The molecule has 2 fully saturated rings. The first kappa shape index (κ1) is 12.2. The van der Waals surface area contributed by atoms with E-state index in [0.717, 1.165) is 12.5 Å². The molecule has 2 amide bonds. The Kier molecular flexibility index (Phi) is 3.26. The minimum absolute atomic E-state index is 0.0405. The fourth-order valence-electron chi connectivity index (χ4n) is 2.43. The van der Waals surface area contributed by atoms with Crippen LogP contribution in [0, 0.1) is 11.3 Å². The minimum Gasteiger partial charge on any atom is -0.481 e. The number of urea groups is 1. The molecule has 3 N–H and O–H groups in total. The van der Waals surface area contributed by atoms with E-state index in [2.05, 4.69) is 10.6 Å². The Labute approximate surface area is 101 Å². The van der Waals surface area contributed by atoms with Gasteiger partial charge in [0.25, 0.3) is 0 Å². The van der Waals surface area contributed by atoms with Crippen LogP contribution in [0.15, 0.2) is 0 Å². The molecule has 0 bridgehead atoms. The molecule has 96 valence electrons. The van der Waals surface area contributed by atoms with Crippen molar-refractivity contribution in [2.75, 3.05) is 6.54 Å². The lowest BCUT2D eigenvalue weighted by Gasteiger charge is -2.17. The highest BCUT2D eigenvalue weighted by atomic mass is 16.4. The molecular formula is C12H20N2O3. The predicted octanol–water partition coefficient (Wildman–Crippen LogP) is 1.34. The van der Waals surface area contributed by atoms with E-state index in [4.69, 9.17) is 5.11 Å². The number of carboxylic acid groups (broad SMARTS) is 1. The lowest BCUT2D eigenvalue weighted by molar-refractivity contribution is -0.137. The van der Waals surface area contributed by atoms with Gasteiger partial charge in [-0.1, -0.05) is 0 Å². The summed E-state index contributed by atoms with van der Waals surface area (Å²) < 4.78 is 0. The Morgan fingerprint density at radius 1 is 1.41 bits per heavy atom. The normalized spacial score (nSPS) is 22.6. The maximum absolute atomic E-state index is 11.5. The van der Waals surface area contributed by atoms with E-state index in [9.17, 15) is 9.59 Å². The fourth-order valence-corrected chi connectivity index (χ4v) is 2.43. The summed E-state index contributed by atoms with van der Waals surface area (Å²) in [5, 5.41) is 14.1. The Bertz CT molecular complexity index is 322. The van der Waals surface area contributed by atoms with Crippen LogP contribution < -0.4 is 10.6 Å². The molecule has 0 radical (unpaired) electrons. The van der Waals surface area contributed by atoms with E-state index in [0.29, 0.717) is 5.41 Å². The highest BCUT2D eigenvalue weighted by Crippen LogP contribution is 2.60. The van der Waals surface area contributed by atoms with Crippen LogP contribution in [-0.4, -0.2) is 29.7 Å². The second-order valence-electron chi connectivity index (χ2n) is 5.46. The Hall–Kier alpha value is -1.26. The zero-order valence-electron chi connectivity index (χ0n) is 10.2. The molecule has 2 saturated carbocycles. The molecule has 0 spiro atoms. The van der Waals surface area contributed by atoms with Crippen LogP contribution in [0.3, 0.4) is 0 Å². The van der Waals surface area contributed by atoms with Gasteiger partial charge in [0.05, 0.1) is 6.42 Å². The third-order valence-electron chi connectivity index (χ3n) is 3.79. The molecule has 2 rings (SSSR count). The first-order valence-corrected chi connectivity index (χ1v) is 6.28. The summed E-state index contributed by atoms with van der Waals surface area (Å²) in [6.07, 6.45) is 5.02. The van der Waals surface area contributed by atoms with Crippen molar-refractivity contribution in [1.82, 2.24) is 10.6 Å². The largest absolute Gasteiger partial charge is 0.481 e. The van der Waals surface area contributed by atoms with E-state index < -0.39 is 5.97 Å². The maximum atomic E-state index is 11.5. The van der Waals surface area contributed by atoms with Crippen molar-refractivity contribution in [3.8, 4) is 0 Å². The van der Waals surface area contributed by atoms with E-state index in [1.807, 2.05) is 0 Å². The fraction of sp³-hybridized carbons (Fsp3) is 0.833. The molecule has 0 heterocycles. The standard InChI is InChI=1S/C12H20N2O3/c1-8(6-10(15)16)14-11(17)13-7-12(4-5-12)9-2-3-9/h8-9H,2-7H2,1H3,(H,15,16)(H2,13,14,17). The lowest BCUT2D eigenvalue weighted by atomic mass is 10.0. The molecule has 1 atom stereocenters. The van der Waals surface area contributed by atoms with Crippen molar-refractivity contribution >= 4 is 12.0 Å². The number of amides is 2.